The van der Waals surface area contributed by atoms with Crippen LogP contribution in [0.4, 0.5) is 0 Å². The molecule has 17 heavy (non-hydrogen) atoms. The highest BCUT2D eigenvalue weighted by Gasteiger charge is 2.06. The van der Waals surface area contributed by atoms with Crippen molar-refractivity contribution < 1.29 is 9.90 Å². The summed E-state index contributed by atoms with van der Waals surface area (Å²) in [7, 11) is 0. The number of rotatable bonds is 4. The Bertz CT molecular complexity index is 500. The first-order valence-corrected chi connectivity index (χ1v) is 4.95. The van der Waals surface area contributed by atoms with Crippen LogP contribution in [0.2, 0.25) is 0 Å². The molecule has 0 spiro atoms. The molecular weight excluding hydrogens is 222 g/mol. The van der Waals surface area contributed by atoms with E-state index in [0.717, 1.165) is 0 Å². The van der Waals surface area contributed by atoms with Crippen molar-refractivity contribution in [3.63, 3.8) is 0 Å². The van der Waals surface area contributed by atoms with Gasteiger partial charge in [0.05, 0.1) is 6.42 Å². The highest BCUT2D eigenvalue weighted by atomic mass is 16.4. The Labute approximate surface area is 96.6 Å². The summed E-state index contributed by atoms with van der Waals surface area (Å²) in [5, 5.41) is 23.8. The number of carboxylic acids is 1. The lowest BCUT2D eigenvalue weighted by Crippen LogP contribution is -2.06. The van der Waals surface area contributed by atoms with Gasteiger partial charge in [0.15, 0.2) is 5.82 Å². The minimum absolute atomic E-state index is 0.0354. The first kappa shape index (κ1) is 11.1. The minimum Gasteiger partial charge on any atom is -0.481 e. The molecule has 2 aromatic heterocycles. The van der Waals surface area contributed by atoms with Crippen molar-refractivity contribution in [1.82, 2.24) is 25.4 Å². The van der Waals surface area contributed by atoms with E-state index < -0.39 is 5.97 Å². The van der Waals surface area contributed by atoms with Crippen LogP contribution in [-0.4, -0.2) is 36.5 Å². The number of aryl methyl sites for hydroxylation is 1. The summed E-state index contributed by atoms with van der Waals surface area (Å²) in [6.45, 7) is 0. The number of carboxylic acid groups (broad SMARTS) is 1. The highest BCUT2D eigenvalue weighted by molar-refractivity contribution is 5.66. The maximum Gasteiger partial charge on any atom is 0.303 e. The second-order valence-electron chi connectivity index (χ2n) is 3.25. The van der Waals surface area contributed by atoms with Crippen molar-refractivity contribution >= 4 is 5.97 Å². The maximum absolute atomic E-state index is 10.4. The maximum atomic E-state index is 10.4. The fraction of sp³-hybridized carbons (Fsp3) is 0.200. The van der Waals surface area contributed by atoms with Crippen molar-refractivity contribution in [2.24, 2.45) is 0 Å². The lowest BCUT2D eigenvalue weighted by molar-refractivity contribution is -0.137. The molecule has 0 amide bonds. The van der Waals surface area contributed by atoms with Crippen molar-refractivity contribution in [1.29, 1.82) is 0 Å². The third-order valence-corrected chi connectivity index (χ3v) is 1.98. The van der Waals surface area contributed by atoms with Gasteiger partial charge in [0, 0.05) is 12.6 Å². The zero-order valence-corrected chi connectivity index (χ0v) is 8.82. The van der Waals surface area contributed by atoms with E-state index in [0.29, 0.717) is 17.3 Å². The Morgan fingerprint density at radius 3 is 2.53 bits per heavy atom. The van der Waals surface area contributed by atoms with Gasteiger partial charge >= 0.3 is 5.97 Å². The molecule has 2 heterocycles. The third-order valence-electron chi connectivity index (χ3n) is 1.98. The van der Waals surface area contributed by atoms with Gasteiger partial charge in [-0.3, -0.25) is 9.78 Å². The Kier molecular flexibility index (Phi) is 3.29. The molecule has 0 atom stereocenters. The molecule has 86 valence electrons. The molecule has 0 aliphatic rings. The summed E-state index contributed by atoms with van der Waals surface area (Å²) in [5.74, 6) is -0.265. The lowest BCUT2D eigenvalue weighted by atomic mass is 10.3. The van der Waals surface area contributed by atoms with Gasteiger partial charge in [-0.1, -0.05) is 6.07 Å². The van der Waals surface area contributed by atoms with Crippen LogP contribution in [0, 0.1) is 0 Å². The molecule has 0 unspecified atom stereocenters. The van der Waals surface area contributed by atoms with Gasteiger partial charge in [0.2, 0.25) is 5.82 Å². The first-order chi connectivity index (χ1) is 8.25. The molecule has 2 aromatic rings. The van der Waals surface area contributed by atoms with Crippen LogP contribution in [0.15, 0.2) is 24.4 Å². The van der Waals surface area contributed by atoms with E-state index in [1.54, 1.807) is 18.3 Å². The fourth-order valence-corrected chi connectivity index (χ4v) is 1.17. The zero-order valence-electron chi connectivity index (χ0n) is 8.82. The van der Waals surface area contributed by atoms with Crippen LogP contribution < -0.4 is 0 Å². The van der Waals surface area contributed by atoms with Crippen LogP contribution in [0.5, 0.6) is 0 Å². The van der Waals surface area contributed by atoms with Crippen LogP contribution in [0.3, 0.4) is 0 Å². The van der Waals surface area contributed by atoms with E-state index >= 15 is 0 Å². The minimum atomic E-state index is -0.901. The van der Waals surface area contributed by atoms with Gasteiger partial charge in [-0.15, -0.1) is 20.4 Å². The zero-order chi connectivity index (χ0) is 12.1. The summed E-state index contributed by atoms with van der Waals surface area (Å²) in [4.78, 5) is 14.4. The molecule has 0 aliphatic carbocycles. The highest BCUT2D eigenvalue weighted by Crippen LogP contribution is 2.07. The number of hydrogen-bond acceptors (Lipinski definition) is 6. The van der Waals surface area contributed by atoms with Crippen molar-refractivity contribution in [3.8, 4) is 11.5 Å². The molecule has 7 nitrogen and oxygen atoms in total. The smallest absolute Gasteiger partial charge is 0.303 e. The van der Waals surface area contributed by atoms with Gasteiger partial charge in [-0.05, 0) is 12.1 Å². The SMILES string of the molecule is O=C(O)CCc1nnc(-c2ccccn2)nn1. The molecule has 0 aromatic carbocycles. The van der Waals surface area contributed by atoms with E-state index in [9.17, 15) is 4.79 Å². The molecule has 0 radical (unpaired) electrons. The van der Waals surface area contributed by atoms with Crippen LogP contribution in [0.1, 0.15) is 12.2 Å². The number of carbonyl (C=O) groups is 1. The second kappa shape index (κ2) is 5.06. The van der Waals surface area contributed by atoms with Gasteiger partial charge in [-0.25, -0.2) is 0 Å². The average molecular weight is 231 g/mol. The molecule has 0 fully saturated rings. The Balaban J connectivity index is 2.11. The molecule has 0 saturated carbocycles. The van der Waals surface area contributed by atoms with Crippen LogP contribution in [0.25, 0.3) is 11.5 Å². The van der Waals surface area contributed by atoms with Crippen molar-refractivity contribution in [2.45, 2.75) is 12.8 Å². The molecule has 1 N–H and O–H groups in total. The standard InChI is InChI=1S/C10H9N5O2/c16-9(17)5-4-8-12-14-10(15-13-8)7-3-1-2-6-11-7/h1-3,6H,4-5H2,(H,16,17). The Morgan fingerprint density at radius 1 is 1.18 bits per heavy atom. The third kappa shape index (κ3) is 3.00. The quantitative estimate of drug-likeness (QED) is 0.809. The van der Waals surface area contributed by atoms with E-state index in [1.807, 2.05) is 6.07 Å². The first-order valence-electron chi connectivity index (χ1n) is 4.95. The fourth-order valence-electron chi connectivity index (χ4n) is 1.17. The molecule has 7 heteroatoms. The van der Waals surface area contributed by atoms with E-state index in [4.69, 9.17) is 5.11 Å². The largest absolute Gasteiger partial charge is 0.481 e. The van der Waals surface area contributed by atoms with Gasteiger partial charge < -0.3 is 5.11 Å². The second-order valence-corrected chi connectivity index (χ2v) is 3.25. The van der Waals surface area contributed by atoms with Crippen LogP contribution in [-0.2, 0) is 11.2 Å². The van der Waals surface area contributed by atoms with Crippen molar-refractivity contribution in [2.75, 3.05) is 0 Å². The predicted molar refractivity (Wildman–Crippen MR) is 56.8 cm³/mol. The molecule has 0 saturated heterocycles. The molecule has 2 rings (SSSR count). The topological polar surface area (TPSA) is 102 Å². The van der Waals surface area contributed by atoms with E-state index in [-0.39, 0.29) is 12.8 Å². The summed E-state index contributed by atoms with van der Waals surface area (Å²) in [6, 6.07) is 5.34. The van der Waals surface area contributed by atoms with Gasteiger partial charge in [0.1, 0.15) is 5.69 Å². The monoisotopic (exact) mass is 231 g/mol. The summed E-state index contributed by atoms with van der Waals surface area (Å²) < 4.78 is 0. The molecular formula is C10H9N5O2. The normalized spacial score (nSPS) is 10.1. The number of aliphatic carboxylic acids is 1. The number of hydrogen-bond donors (Lipinski definition) is 1. The number of nitrogens with zero attached hydrogens (tertiary/aromatic N) is 5. The number of pyridine rings is 1. The number of aromatic nitrogens is 5. The molecule has 0 bridgehead atoms. The lowest BCUT2D eigenvalue weighted by Gasteiger charge is -1.98. The van der Waals surface area contributed by atoms with Crippen molar-refractivity contribution in [3.05, 3.63) is 30.2 Å². The average Bonchev–Trinajstić information content (AvgIpc) is 2.38. The Hall–Kier alpha value is -2.44. The van der Waals surface area contributed by atoms with E-state index in [1.165, 1.54) is 0 Å². The molecule has 0 aliphatic heterocycles. The Morgan fingerprint density at radius 2 is 1.94 bits per heavy atom. The predicted octanol–water partition coefficient (Wildman–Crippen LogP) is 0.346. The summed E-state index contributed by atoms with van der Waals surface area (Å²) in [5.41, 5.74) is 0.581. The van der Waals surface area contributed by atoms with Gasteiger partial charge in [-0.2, -0.15) is 0 Å². The van der Waals surface area contributed by atoms with Gasteiger partial charge in [0.25, 0.3) is 0 Å². The summed E-state index contributed by atoms with van der Waals surface area (Å²) in [6.07, 6.45) is 1.81. The van der Waals surface area contributed by atoms with E-state index in [2.05, 4.69) is 25.4 Å². The van der Waals surface area contributed by atoms with Crippen LogP contribution >= 0.6 is 0 Å². The summed E-state index contributed by atoms with van der Waals surface area (Å²) >= 11 is 0.